The first-order valence-corrected chi connectivity index (χ1v) is 15.5. The van der Waals surface area contributed by atoms with E-state index in [0.29, 0.717) is 17.4 Å². The number of nitrogens with zero attached hydrogens (tertiary/aromatic N) is 2. The van der Waals surface area contributed by atoms with E-state index in [1.165, 1.54) is 6.42 Å². The van der Waals surface area contributed by atoms with E-state index >= 15 is 0 Å². The van der Waals surface area contributed by atoms with Gasteiger partial charge in [0.15, 0.2) is 0 Å². The molecule has 6 rings (SSSR count). The Hall–Kier alpha value is -3.21. The molecule has 9 nitrogen and oxygen atoms in total. The third-order valence-electron chi connectivity index (χ3n) is 10.2. The highest BCUT2D eigenvalue weighted by molar-refractivity contribution is 5.95. The molecule has 0 spiro atoms. The molecule has 1 saturated heterocycles. The third-order valence-corrected chi connectivity index (χ3v) is 10.2. The second kappa shape index (κ2) is 13.4. The molecule has 4 fully saturated rings. The smallest absolute Gasteiger partial charge is 0.265 e. The van der Waals surface area contributed by atoms with Crippen LogP contribution in [0.5, 0.6) is 0 Å². The van der Waals surface area contributed by atoms with Crippen LogP contribution in [-0.2, 0) is 20.9 Å². The Labute approximate surface area is 259 Å². The van der Waals surface area contributed by atoms with Crippen LogP contribution in [0.3, 0.4) is 0 Å². The third kappa shape index (κ3) is 6.30. The molecule has 236 valence electrons. The second-order valence-electron chi connectivity index (χ2n) is 13.0. The molecule has 2 aromatic carbocycles. The number of amides is 2. The lowest BCUT2D eigenvalue weighted by molar-refractivity contribution is -0.180. The highest BCUT2D eigenvalue weighted by Gasteiger charge is 2.54. The first kappa shape index (κ1) is 32.2. The lowest BCUT2D eigenvalue weighted by Crippen LogP contribution is -2.52. The van der Waals surface area contributed by atoms with Crippen LogP contribution < -0.4 is 5.32 Å². The summed E-state index contributed by atoms with van der Waals surface area (Å²) in [6, 6.07) is 14.4. The molecule has 7 atom stereocenters. The van der Waals surface area contributed by atoms with Gasteiger partial charge in [0.1, 0.15) is 12.1 Å². The summed E-state index contributed by atoms with van der Waals surface area (Å²) in [5.74, 6) is 0.153. The number of hydrogen-bond acceptors (Lipinski definition) is 7. The number of rotatable bonds is 11. The minimum absolute atomic E-state index is 0.0802. The fourth-order valence-corrected chi connectivity index (χ4v) is 7.30. The number of fused-ring (bicyclic) bond motifs is 2. The Kier molecular flexibility index (Phi) is 9.82. The number of aliphatic hydroxyl groups is 2. The maximum Gasteiger partial charge on any atom is 0.265 e. The average molecular weight is 604 g/mol. The van der Waals surface area contributed by atoms with Crippen LogP contribution in [0.1, 0.15) is 49.5 Å². The summed E-state index contributed by atoms with van der Waals surface area (Å²) in [7, 11) is 1.59. The van der Waals surface area contributed by atoms with Crippen molar-refractivity contribution in [1.82, 2.24) is 10.4 Å². The van der Waals surface area contributed by atoms with Gasteiger partial charge in [-0.3, -0.25) is 14.4 Å². The minimum atomic E-state index is -0.747. The molecule has 2 aromatic rings. The summed E-state index contributed by atoms with van der Waals surface area (Å²) >= 11 is 0. The van der Waals surface area contributed by atoms with Crippen molar-refractivity contribution in [2.24, 2.45) is 34.1 Å². The van der Waals surface area contributed by atoms with Gasteiger partial charge in [0.05, 0.1) is 25.9 Å². The summed E-state index contributed by atoms with van der Waals surface area (Å²) in [5, 5.41) is 23.6. The van der Waals surface area contributed by atoms with Gasteiger partial charge in [-0.2, -0.15) is 5.06 Å². The molecule has 3 saturated carbocycles. The van der Waals surface area contributed by atoms with Crippen LogP contribution >= 0.6 is 0 Å². The lowest BCUT2D eigenvalue weighted by Gasteiger charge is -2.59. The van der Waals surface area contributed by atoms with Gasteiger partial charge in [-0.25, -0.2) is 4.99 Å². The normalized spacial score (nSPS) is 28.5. The first-order chi connectivity index (χ1) is 21.1. The summed E-state index contributed by atoms with van der Waals surface area (Å²) < 4.78 is 5.65. The molecule has 9 heteroatoms. The number of carbonyl (C=O) groups excluding carboxylic acids is 2. The van der Waals surface area contributed by atoms with E-state index in [1.54, 1.807) is 24.5 Å². The Bertz CT molecular complexity index is 1410. The number of hydrogen-bond donors (Lipinski definition) is 3. The summed E-state index contributed by atoms with van der Waals surface area (Å²) in [5.41, 5.74) is 4.57. The van der Waals surface area contributed by atoms with Crippen molar-refractivity contribution >= 4 is 18.0 Å². The Morgan fingerprint density at radius 1 is 1.18 bits per heavy atom. The number of carbonyl (C=O) groups is 2. The van der Waals surface area contributed by atoms with Crippen molar-refractivity contribution in [2.45, 2.75) is 58.4 Å². The van der Waals surface area contributed by atoms with Crippen molar-refractivity contribution < 1.29 is 29.4 Å². The number of aliphatic hydroxyl groups excluding tert-OH is 2. The van der Waals surface area contributed by atoms with Crippen molar-refractivity contribution in [1.29, 1.82) is 0 Å². The molecular formula is C35H45N3O6. The highest BCUT2D eigenvalue weighted by Crippen LogP contribution is 2.62. The van der Waals surface area contributed by atoms with Gasteiger partial charge in [0.25, 0.3) is 11.8 Å². The van der Waals surface area contributed by atoms with Gasteiger partial charge < -0.3 is 20.3 Å². The fourth-order valence-electron chi connectivity index (χ4n) is 7.30. The molecule has 1 aliphatic heterocycles. The number of methoxy groups -OCH3 is 1. The quantitative estimate of drug-likeness (QED) is 0.262. The topological polar surface area (TPSA) is 121 Å². The van der Waals surface area contributed by atoms with E-state index in [-0.39, 0.29) is 55.6 Å². The minimum Gasteiger partial charge on any atom is -0.395 e. The number of ether oxygens (including phenoxy) is 1. The number of nitrogens with one attached hydrogen (secondary N) is 1. The van der Waals surface area contributed by atoms with Gasteiger partial charge in [0, 0.05) is 37.3 Å². The van der Waals surface area contributed by atoms with Crippen LogP contribution in [-0.4, -0.2) is 78.4 Å². The maximum atomic E-state index is 13.8. The van der Waals surface area contributed by atoms with Crippen molar-refractivity contribution in [3.63, 3.8) is 0 Å². The van der Waals surface area contributed by atoms with Crippen LogP contribution in [0, 0.1) is 29.1 Å². The SMILES string of the molecule is C=C1C(C=NC(=O)[C@@H]2C([C@H](C)OC)[C@H](CO)ON2Cc2cccc(-c3cccc(C(=O)NCCO)c3)c2)C[C@H]2C[C@@H]1C2(C)C. The first-order valence-electron chi connectivity index (χ1n) is 15.5. The standard InChI is InChI=1S/C35H45N3O6/c1-21-27(16-28-17-29(21)35(28,3)4)18-37-34(42)32-31(22(2)43-5)30(20-40)44-38(32)19-23-8-6-9-24(14-23)25-10-7-11-26(15-25)33(41)36-12-13-39/h6-11,14-15,18,22,27-32,39-40H,1,12-13,16-17,19-20H2,2-5H3,(H,36,41)/t22-,27?,28-,29-,30-,31?,32-/m0/s1. The van der Waals surface area contributed by atoms with Gasteiger partial charge >= 0.3 is 0 Å². The van der Waals surface area contributed by atoms with Crippen molar-refractivity contribution in [3.05, 3.63) is 71.8 Å². The molecule has 2 amide bonds. The van der Waals surface area contributed by atoms with E-state index in [0.717, 1.165) is 28.7 Å². The van der Waals surface area contributed by atoms with E-state index in [9.17, 15) is 14.7 Å². The van der Waals surface area contributed by atoms with Gasteiger partial charge in [-0.05, 0) is 71.9 Å². The number of allylic oxidation sites excluding steroid dienone is 1. The van der Waals surface area contributed by atoms with Crippen molar-refractivity contribution in [3.8, 4) is 11.1 Å². The Morgan fingerprint density at radius 3 is 2.57 bits per heavy atom. The number of aliphatic imine (C=N–C) groups is 1. The fraction of sp³-hybridized carbons (Fsp3) is 0.514. The molecule has 2 unspecified atom stereocenters. The zero-order chi connectivity index (χ0) is 31.6. The van der Waals surface area contributed by atoms with Gasteiger partial charge in [-0.15, -0.1) is 0 Å². The molecule has 44 heavy (non-hydrogen) atoms. The molecule has 4 aliphatic rings. The van der Waals surface area contributed by atoms with E-state index in [1.807, 2.05) is 49.4 Å². The summed E-state index contributed by atoms with van der Waals surface area (Å²) in [4.78, 5) is 37.0. The van der Waals surface area contributed by atoms with E-state index in [2.05, 4.69) is 30.7 Å². The Balaban J connectivity index is 1.37. The number of benzene rings is 2. The monoisotopic (exact) mass is 603 g/mol. The Morgan fingerprint density at radius 2 is 1.91 bits per heavy atom. The molecule has 1 heterocycles. The molecular weight excluding hydrogens is 558 g/mol. The van der Waals surface area contributed by atoms with E-state index < -0.39 is 18.1 Å². The largest absolute Gasteiger partial charge is 0.395 e. The zero-order valence-corrected chi connectivity index (χ0v) is 26.1. The predicted octanol–water partition coefficient (Wildman–Crippen LogP) is 4.04. The van der Waals surface area contributed by atoms with Gasteiger partial charge in [0.2, 0.25) is 0 Å². The molecule has 2 bridgehead atoms. The highest BCUT2D eigenvalue weighted by atomic mass is 16.7. The van der Waals surface area contributed by atoms with E-state index in [4.69, 9.17) is 14.7 Å². The average Bonchev–Trinajstić information content (AvgIpc) is 3.40. The molecule has 3 aliphatic carbocycles. The second-order valence-corrected chi connectivity index (χ2v) is 13.0. The van der Waals surface area contributed by atoms with Crippen LogP contribution in [0.25, 0.3) is 11.1 Å². The summed E-state index contributed by atoms with van der Waals surface area (Å²) in [6.45, 7) is 10.9. The van der Waals surface area contributed by atoms with Crippen LogP contribution in [0.15, 0.2) is 65.7 Å². The molecule has 0 aromatic heterocycles. The van der Waals surface area contributed by atoms with Gasteiger partial charge in [-0.1, -0.05) is 56.3 Å². The molecule has 0 radical (unpaired) electrons. The van der Waals surface area contributed by atoms with Crippen LogP contribution in [0.2, 0.25) is 0 Å². The maximum absolute atomic E-state index is 13.8. The number of hydroxylamine groups is 2. The zero-order valence-electron chi connectivity index (χ0n) is 26.1. The predicted molar refractivity (Wildman–Crippen MR) is 169 cm³/mol. The van der Waals surface area contributed by atoms with Crippen molar-refractivity contribution in [2.75, 3.05) is 26.9 Å². The molecule has 3 N–H and O–H groups in total. The van der Waals surface area contributed by atoms with Crippen LogP contribution in [0.4, 0.5) is 0 Å². The summed E-state index contributed by atoms with van der Waals surface area (Å²) in [6.07, 6.45) is 2.93. The lowest BCUT2D eigenvalue weighted by atomic mass is 9.45.